The van der Waals surface area contributed by atoms with E-state index in [-0.39, 0.29) is 18.4 Å². The van der Waals surface area contributed by atoms with E-state index in [0.29, 0.717) is 6.42 Å². The highest BCUT2D eigenvalue weighted by Crippen LogP contribution is 2.33. The molecule has 0 fully saturated rings. The first-order valence-corrected chi connectivity index (χ1v) is 7.48. The van der Waals surface area contributed by atoms with Gasteiger partial charge in [0, 0.05) is 13.0 Å². The van der Waals surface area contributed by atoms with Gasteiger partial charge in [-0.15, -0.1) is 0 Å². The van der Waals surface area contributed by atoms with Crippen molar-refractivity contribution in [1.82, 2.24) is 5.32 Å². The van der Waals surface area contributed by atoms with Gasteiger partial charge in [0.15, 0.2) is 0 Å². The Morgan fingerprint density at radius 1 is 1.33 bits per heavy atom. The Kier molecular flexibility index (Phi) is 4.66. The Labute approximate surface area is 125 Å². The lowest BCUT2D eigenvalue weighted by molar-refractivity contribution is -0.146. The summed E-state index contributed by atoms with van der Waals surface area (Å²) in [6.07, 6.45) is 3.65. The maximum Gasteiger partial charge on any atom is 0.310 e. The molecule has 0 saturated heterocycles. The van der Waals surface area contributed by atoms with Crippen LogP contribution in [0.5, 0.6) is 0 Å². The third-order valence-corrected chi connectivity index (χ3v) is 4.23. The number of aliphatic carboxylic acids is 1. The van der Waals surface area contributed by atoms with Crippen LogP contribution in [0.1, 0.15) is 50.2 Å². The number of amides is 1. The van der Waals surface area contributed by atoms with Crippen LogP contribution in [0.25, 0.3) is 0 Å². The van der Waals surface area contributed by atoms with E-state index in [1.807, 2.05) is 12.1 Å². The summed E-state index contributed by atoms with van der Waals surface area (Å²) in [7, 11) is 0. The maximum atomic E-state index is 12.1. The van der Waals surface area contributed by atoms with Gasteiger partial charge in [0.05, 0.1) is 5.41 Å². The summed E-state index contributed by atoms with van der Waals surface area (Å²) in [6.45, 7) is 3.40. The molecule has 21 heavy (non-hydrogen) atoms. The van der Waals surface area contributed by atoms with Gasteiger partial charge in [-0.2, -0.15) is 0 Å². The van der Waals surface area contributed by atoms with Gasteiger partial charge in [0.2, 0.25) is 5.91 Å². The fourth-order valence-corrected chi connectivity index (χ4v) is 2.76. The third-order valence-electron chi connectivity index (χ3n) is 4.23. The summed E-state index contributed by atoms with van der Waals surface area (Å²) in [6, 6.07) is 8.29. The Morgan fingerprint density at radius 2 is 2.05 bits per heavy atom. The molecule has 0 aliphatic heterocycles. The van der Waals surface area contributed by atoms with Crippen LogP contribution in [0.15, 0.2) is 24.3 Å². The van der Waals surface area contributed by atoms with Crippen LogP contribution < -0.4 is 5.32 Å². The van der Waals surface area contributed by atoms with E-state index in [2.05, 4.69) is 17.4 Å². The molecule has 0 radical (unpaired) electrons. The van der Waals surface area contributed by atoms with E-state index in [1.165, 1.54) is 11.1 Å². The van der Waals surface area contributed by atoms with Crippen LogP contribution in [0.3, 0.4) is 0 Å². The molecule has 114 valence electrons. The minimum absolute atomic E-state index is 0.0639. The van der Waals surface area contributed by atoms with E-state index in [0.717, 1.165) is 19.3 Å². The van der Waals surface area contributed by atoms with Crippen molar-refractivity contribution in [3.8, 4) is 0 Å². The molecule has 4 heteroatoms. The zero-order valence-corrected chi connectivity index (χ0v) is 12.7. The van der Waals surface area contributed by atoms with Gasteiger partial charge in [-0.1, -0.05) is 24.3 Å². The quantitative estimate of drug-likeness (QED) is 0.876. The maximum absolute atomic E-state index is 12.1. The number of hydrogen-bond donors (Lipinski definition) is 2. The standard InChI is InChI=1S/C17H23NO3/c1-17(2,16(20)21)11-18-15(19)10-13-8-5-7-12-6-3-4-9-14(12)13/h3-4,6,9,13H,5,7-8,10-11H2,1-2H3,(H,18,19)(H,20,21). The molecule has 1 aromatic carbocycles. The second-order valence-electron chi connectivity index (χ2n) is 6.46. The predicted octanol–water partition coefficient (Wildman–Crippen LogP) is 2.72. The van der Waals surface area contributed by atoms with Crippen molar-refractivity contribution in [3.63, 3.8) is 0 Å². The molecule has 1 amide bonds. The molecular formula is C17H23NO3. The first-order valence-electron chi connectivity index (χ1n) is 7.48. The van der Waals surface area contributed by atoms with Crippen LogP contribution >= 0.6 is 0 Å². The Morgan fingerprint density at radius 3 is 2.76 bits per heavy atom. The number of carboxylic acids is 1. The zero-order chi connectivity index (χ0) is 15.5. The molecule has 0 heterocycles. The Balaban J connectivity index is 1.94. The van der Waals surface area contributed by atoms with Gasteiger partial charge in [0.1, 0.15) is 0 Å². The smallest absolute Gasteiger partial charge is 0.310 e. The topological polar surface area (TPSA) is 66.4 Å². The summed E-state index contributed by atoms with van der Waals surface area (Å²) >= 11 is 0. The van der Waals surface area contributed by atoms with Crippen LogP contribution in [0.4, 0.5) is 0 Å². The number of aryl methyl sites for hydroxylation is 1. The Hall–Kier alpha value is -1.84. The summed E-state index contributed by atoms with van der Waals surface area (Å²) in [5, 5.41) is 11.8. The fraction of sp³-hybridized carbons (Fsp3) is 0.529. The van der Waals surface area contributed by atoms with E-state index in [9.17, 15) is 9.59 Å². The molecule has 0 saturated carbocycles. The van der Waals surface area contributed by atoms with Crippen molar-refractivity contribution < 1.29 is 14.7 Å². The number of nitrogens with one attached hydrogen (secondary N) is 1. The van der Waals surface area contributed by atoms with Crippen molar-refractivity contribution >= 4 is 11.9 Å². The highest BCUT2D eigenvalue weighted by Gasteiger charge is 2.28. The van der Waals surface area contributed by atoms with Gasteiger partial charge in [-0.3, -0.25) is 9.59 Å². The largest absolute Gasteiger partial charge is 0.481 e. The van der Waals surface area contributed by atoms with Gasteiger partial charge in [-0.25, -0.2) is 0 Å². The molecule has 4 nitrogen and oxygen atoms in total. The van der Waals surface area contributed by atoms with E-state index < -0.39 is 11.4 Å². The number of carbonyl (C=O) groups excluding carboxylic acids is 1. The number of carbonyl (C=O) groups is 2. The average Bonchev–Trinajstić information content (AvgIpc) is 2.45. The molecular weight excluding hydrogens is 266 g/mol. The lowest BCUT2D eigenvalue weighted by Gasteiger charge is -2.26. The molecule has 1 aromatic rings. The van der Waals surface area contributed by atoms with Crippen molar-refractivity contribution in [1.29, 1.82) is 0 Å². The highest BCUT2D eigenvalue weighted by atomic mass is 16.4. The first-order chi connectivity index (χ1) is 9.90. The predicted molar refractivity (Wildman–Crippen MR) is 81.2 cm³/mol. The number of rotatable bonds is 5. The SMILES string of the molecule is CC(C)(CNC(=O)CC1CCCc2ccccc21)C(=O)O. The minimum atomic E-state index is -0.930. The summed E-state index contributed by atoms with van der Waals surface area (Å²) in [4.78, 5) is 23.1. The molecule has 0 aromatic heterocycles. The van der Waals surface area contributed by atoms with Crippen LogP contribution in [-0.4, -0.2) is 23.5 Å². The van der Waals surface area contributed by atoms with Crippen LogP contribution in [0, 0.1) is 5.41 Å². The molecule has 0 bridgehead atoms. The molecule has 1 unspecified atom stereocenters. The van der Waals surface area contributed by atoms with Gasteiger partial charge < -0.3 is 10.4 Å². The summed E-state index contributed by atoms with van der Waals surface area (Å²) < 4.78 is 0. The third kappa shape index (κ3) is 3.84. The molecule has 1 aliphatic carbocycles. The van der Waals surface area contributed by atoms with Crippen molar-refractivity contribution in [2.24, 2.45) is 5.41 Å². The van der Waals surface area contributed by atoms with Crippen molar-refractivity contribution in [2.45, 2.75) is 45.4 Å². The van der Waals surface area contributed by atoms with Crippen LogP contribution in [-0.2, 0) is 16.0 Å². The van der Waals surface area contributed by atoms with Gasteiger partial charge in [-0.05, 0) is 50.2 Å². The van der Waals surface area contributed by atoms with Crippen LogP contribution in [0.2, 0.25) is 0 Å². The van der Waals surface area contributed by atoms with Crippen molar-refractivity contribution in [3.05, 3.63) is 35.4 Å². The second-order valence-corrected chi connectivity index (χ2v) is 6.46. The van der Waals surface area contributed by atoms with E-state index in [1.54, 1.807) is 13.8 Å². The number of carboxylic acid groups (broad SMARTS) is 1. The number of fused-ring (bicyclic) bond motifs is 1. The molecule has 2 rings (SSSR count). The van der Waals surface area contributed by atoms with E-state index >= 15 is 0 Å². The Bertz CT molecular complexity index is 537. The molecule has 1 aliphatic rings. The fourth-order valence-electron chi connectivity index (χ4n) is 2.76. The minimum Gasteiger partial charge on any atom is -0.481 e. The highest BCUT2D eigenvalue weighted by molar-refractivity contribution is 5.79. The summed E-state index contributed by atoms with van der Waals surface area (Å²) in [5.41, 5.74) is 1.68. The number of hydrogen-bond acceptors (Lipinski definition) is 2. The lowest BCUT2D eigenvalue weighted by Crippen LogP contribution is -2.39. The monoisotopic (exact) mass is 289 g/mol. The number of benzene rings is 1. The lowest BCUT2D eigenvalue weighted by atomic mass is 9.81. The average molecular weight is 289 g/mol. The van der Waals surface area contributed by atoms with E-state index in [4.69, 9.17) is 5.11 Å². The zero-order valence-electron chi connectivity index (χ0n) is 12.7. The van der Waals surface area contributed by atoms with Gasteiger partial charge in [0.25, 0.3) is 0 Å². The first kappa shape index (κ1) is 15.5. The normalized spacial score (nSPS) is 17.9. The molecule has 0 spiro atoms. The summed E-state index contributed by atoms with van der Waals surface area (Å²) in [5.74, 6) is -0.709. The molecule has 2 N–H and O–H groups in total. The molecule has 1 atom stereocenters. The second kappa shape index (κ2) is 6.29. The van der Waals surface area contributed by atoms with Gasteiger partial charge >= 0.3 is 5.97 Å². The van der Waals surface area contributed by atoms with Crippen molar-refractivity contribution in [2.75, 3.05) is 6.54 Å².